The van der Waals surface area contributed by atoms with Gasteiger partial charge in [-0.05, 0) is 37.3 Å². The lowest BCUT2D eigenvalue weighted by atomic mass is 9.90. The second-order valence-corrected chi connectivity index (χ2v) is 3.97. The predicted molar refractivity (Wildman–Crippen MR) is 52.0 cm³/mol. The van der Waals surface area contributed by atoms with Gasteiger partial charge < -0.3 is 4.90 Å². The van der Waals surface area contributed by atoms with Crippen LogP contribution in [0.2, 0.25) is 0 Å². The Bertz CT molecular complexity index is 290. The maximum absolute atomic E-state index is 11.5. The van der Waals surface area contributed by atoms with E-state index in [4.69, 9.17) is 0 Å². The molecular formula is C11H15NO. The Morgan fingerprint density at radius 1 is 1.62 bits per heavy atom. The molecule has 0 saturated carbocycles. The van der Waals surface area contributed by atoms with Gasteiger partial charge in [-0.3, -0.25) is 4.79 Å². The Morgan fingerprint density at radius 2 is 2.38 bits per heavy atom. The number of hydrogen-bond acceptors (Lipinski definition) is 1. The summed E-state index contributed by atoms with van der Waals surface area (Å²) in [7, 11) is 0. The molecule has 2 heteroatoms. The SMILES string of the molecule is C=C1C[C@H]2CCCC(=O)N2C=C1C. The summed E-state index contributed by atoms with van der Waals surface area (Å²) in [6.45, 7) is 6.03. The lowest BCUT2D eigenvalue weighted by molar-refractivity contribution is -0.133. The number of carbonyl (C=O) groups is 1. The molecule has 1 saturated heterocycles. The summed E-state index contributed by atoms with van der Waals surface area (Å²) in [4.78, 5) is 13.4. The number of amides is 1. The molecule has 2 aliphatic rings. The average Bonchev–Trinajstić information content (AvgIpc) is 2.09. The summed E-state index contributed by atoms with van der Waals surface area (Å²) in [5, 5.41) is 0. The highest BCUT2D eigenvalue weighted by Gasteiger charge is 2.29. The first kappa shape index (κ1) is 8.54. The number of piperidine rings is 1. The van der Waals surface area contributed by atoms with Crippen molar-refractivity contribution in [1.82, 2.24) is 4.90 Å². The molecule has 0 N–H and O–H groups in total. The summed E-state index contributed by atoms with van der Waals surface area (Å²) >= 11 is 0. The first-order valence-corrected chi connectivity index (χ1v) is 4.86. The third-order valence-electron chi connectivity index (χ3n) is 2.98. The molecule has 2 heterocycles. The molecule has 0 radical (unpaired) electrons. The molecule has 0 unspecified atom stereocenters. The molecule has 2 rings (SSSR count). The molecule has 1 atom stereocenters. The molecule has 0 aromatic carbocycles. The van der Waals surface area contributed by atoms with E-state index in [2.05, 4.69) is 6.58 Å². The summed E-state index contributed by atoms with van der Waals surface area (Å²) in [5.74, 6) is 0.281. The highest BCUT2D eigenvalue weighted by atomic mass is 16.2. The first-order valence-electron chi connectivity index (χ1n) is 4.86. The average molecular weight is 177 g/mol. The van der Waals surface area contributed by atoms with Crippen LogP contribution in [0.15, 0.2) is 23.9 Å². The second kappa shape index (κ2) is 3.02. The Morgan fingerprint density at radius 3 is 3.15 bits per heavy atom. The summed E-state index contributed by atoms with van der Waals surface area (Å²) in [6, 6.07) is 0.400. The molecule has 13 heavy (non-hydrogen) atoms. The highest BCUT2D eigenvalue weighted by Crippen LogP contribution is 2.30. The minimum atomic E-state index is 0.281. The van der Waals surface area contributed by atoms with Crippen LogP contribution in [0, 0.1) is 0 Å². The van der Waals surface area contributed by atoms with E-state index in [-0.39, 0.29) is 5.91 Å². The van der Waals surface area contributed by atoms with Crippen LogP contribution in [0.25, 0.3) is 0 Å². The Balaban J connectivity index is 2.27. The van der Waals surface area contributed by atoms with Crippen LogP contribution in [-0.4, -0.2) is 16.8 Å². The minimum Gasteiger partial charge on any atom is -0.315 e. The Hall–Kier alpha value is -1.05. The van der Waals surface area contributed by atoms with E-state index in [0.29, 0.717) is 12.5 Å². The van der Waals surface area contributed by atoms with E-state index >= 15 is 0 Å². The van der Waals surface area contributed by atoms with E-state index in [1.807, 2.05) is 18.0 Å². The first-order chi connectivity index (χ1) is 6.18. The summed E-state index contributed by atoms with van der Waals surface area (Å²) in [5.41, 5.74) is 2.35. The van der Waals surface area contributed by atoms with Gasteiger partial charge in [-0.2, -0.15) is 0 Å². The largest absolute Gasteiger partial charge is 0.315 e. The number of hydrogen-bond donors (Lipinski definition) is 0. The van der Waals surface area contributed by atoms with Gasteiger partial charge in [0.2, 0.25) is 5.91 Å². The molecule has 0 aliphatic carbocycles. The molecule has 0 bridgehead atoms. The van der Waals surface area contributed by atoms with Crippen molar-refractivity contribution < 1.29 is 4.79 Å². The van der Waals surface area contributed by atoms with Crippen molar-refractivity contribution in [1.29, 1.82) is 0 Å². The van der Waals surface area contributed by atoms with Crippen molar-refractivity contribution in [3.05, 3.63) is 23.9 Å². The Kier molecular flexibility index (Phi) is 1.98. The fraction of sp³-hybridized carbons (Fsp3) is 0.545. The van der Waals surface area contributed by atoms with Crippen LogP contribution in [0.5, 0.6) is 0 Å². The van der Waals surface area contributed by atoms with Crippen molar-refractivity contribution in [3.8, 4) is 0 Å². The lowest BCUT2D eigenvalue weighted by Crippen LogP contribution is -2.42. The predicted octanol–water partition coefficient (Wildman–Crippen LogP) is 2.23. The quantitative estimate of drug-likeness (QED) is 0.555. The zero-order chi connectivity index (χ0) is 9.42. The maximum Gasteiger partial charge on any atom is 0.226 e. The normalized spacial score (nSPS) is 28.5. The van der Waals surface area contributed by atoms with Crippen molar-refractivity contribution in [2.75, 3.05) is 0 Å². The van der Waals surface area contributed by atoms with Crippen LogP contribution >= 0.6 is 0 Å². The van der Waals surface area contributed by atoms with Gasteiger partial charge in [-0.15, -0.1) is 0 Å². The van der Waals surface area contributed by atoms with Gasteiger partial charge in [-0.25, -0.2) is 0 Å². The lowest BCUT2D eigenvalue weighted by Gasteiger charge is -2.37. The third kappa shape index (κ3) is 1.41. The maximum atomic E-state index is 11.5. The van der Waals surface area contributed by atoms with Crippen LogP contribution in [-0.2, 0) is 4.79 Å². The van der Waals surface area contributed by atoms with E-state index < -0.39 is 0 Å². The van der Waals surface area contributed by atoms with E-state index in [9.17, 15) is 4.79 Å². The van der Waals surface area contributed by atoms with Crippen molar-refractivity contribution in [3.63, 3.8) is 0 Å². The molecular weight excluding hydrogens is 162 g/mol. The van der Waals surface area contributed by atoms with Crippen LogP contribution in [0.1, 0.15) is 32.6 Å². The number of carbonyl (C=O) groups excluding carboxylic acids is 1. The van der Waals surface area contributed by atoms with Gasteiger partial charge in [-0.1, -0.05) is 6.58 Å². The molecule has 0 aromatic heterocycles. The highest BCUT2D eigenvalue weighted by molar-refractivity contribution is 5.79. The Labute approximate surface area is 78.9 Å². The summed E-state index contributed by atoms with van der Waals surface area (Å²) in [6.07, 6.45) is 5.83. The zero-order valence-corrected chi connectivity index (χ0v) is 8.05. The molecule has 2 aliphatic heterocycles. The van der Waals surface area contributed by atoms with Gasteiger partial charge in [0.05, 0.1) is 0 Å². The number of nitrogens with zero attached hydrogens (tertiary/aromatic N) is 1. The van der Waals surface area contributed by atoms with Gasteiger partial charge >= 0.3 is 0 Å². The van der Waals surface area contributed by atoms with E-state index in [0.717, 1.165) is 24.8 Å². The molecule has 0 spiro atoms. The molecule has 0 aromatic rings. The molecule has 2 nitrogen and oxygen atoms in total. The van der Waals surface area contributed by atoms with Crippen molar-refractivity contribution in [2.45, 2.75) is 38.6 Å². The standard InChI is InChI=1S/C11H15NO/c1-8-6-10-4-3-5-11(13)12(10)7-9(8)2/h7,10H,1,3-6H2,2H3/t10-/m1/s1. The molecule has 1 fully saturated rings. The fourth-order valence-electron chi connectivity index (χ4n) is 2.08. The zero-order valence-electron chi connectivity index (χ0n) is 8.05. The third-order valence-corrected chi connectivity index (χ3v) is 2.98. The monoisotopic (exact) mass is 177 g/mol. The van der Waals surface area contributed by atoms with Gasteiger partial charge in [0, 0.05) is 18.7 Å². The number of rotatable bonds is 0. The second-order valence-electron chi connectivity index (χ2n) is 3.97. The molecule has 1 amide bonds. The number of allylic oxidation sites excluding steroid dienone is 1. The van der Waals surface area contributed by atoms with Crippen LogP contribution < -0.4 is 0 Å². The minimum absolute atomic E-state index is 0.281. The van der Waals surface area contributed by atoms with Crippen molar-refractivity contribution >= 4 is 5.91 Å². The van der Waals surface area contributed by atoms with Crippen LogP contribution in [0.4, 0.5) is 0 Å². The van der Waals surface area contributed by atoms with E-state index in [1.165, 1.54) is 5.57 Å². The van der Waals surface area contributed by atoms with Crippen molar-refractivity contribution in [2.24, 2.45) is 0 Å². The van der Waals surface area contributed by atoms with E-state index in [1.54, 1.807) is 0 Å². The molecule has 70 valence electrons. The summed E-state index contributed by atoms with van der Waals surface area (Å²) < 4.78 is 0. The number of fused-ring (bicyclic) bond motifs is 1. The van der Waals surface area contributed by atoms with Gasteiger partial charge in [0.15, 0.2) is 0 Å². The van der Waals surface area contributed by atoms with Gasteiger partial charge in [0.25, 0.3) is 0 Å². The topological polar surface area (TPSA) is 20.3 Å². The van der Waals surface area contributed by atoms with Gasteiger partial charge in [0.1, 0.15) is 0 Å². The smallest absolute Gasteiger partial charge is 0.226 e. The van der Waals surface area contributed by atoms with Crippen LogP contribution in [0.3, 0.4) is 0 Å². The fourth-order valence-corrected chi connectivity index (χ4v) is 2.08.